The number of aromatic nitrogens is 1. The number of aromatic amines is 1. The molecule has 0 amide bonds. The van der Waals surface area contributed by atoms with Crippen LogP contribution >= 0.6 is 0 Å². The molecule has 35 heavy (non-hydrogen) atoms. The van der Waals surface area contributed by atoms with Crippen molar-refractivity contribution >= 4 is 11.8 Å². The van der Waals surface area contributed by atoms with Crippen molar-refractivity contribution in [2.45, 2.75) is 93.8 Å². The first-order valence-electron chi connectivity index (χ1n) is 12.2. The molecule has 10 atom stereocenters. The van der Waals surface area contributed by atoms with Gasteiger partial charge in [-0.1, -0.05) is 27.7 Å². The summed E-state index contributed by atoms with van der Waals surface area (Å²) >= 11 is 0. The zero-order valence-electron chi connectivity index (χ0n) is 20.5. The molecule has 2 aliphatic heterocycles. The van der Waals surface area contributed by atoms with Crippen LogP contribution in [0.1, 0.15) is 64.4 Å². The summed E-state index contributed by atoms with van der Waals surface area (Å²) in [5.74, 6) is -5.30. The van der Waals surface area contributed by atoms with Gasteiger partial charge in [0.05, 0.1) is 5.41 Å². The Bertz CT molecular complexity index is 1170. The molecule has 192 valence electrons. The summed E-state index contributed by atoms with van der Waals surface area (Å²) in [5, 5.41) is 62.1. The molecule has 6 N–H and O–H groups in total. The molecule has 3 heterocycles. The summed E-state index contributed by atoms with van der Waals surface area (Å²) < 4.78 is 11.9. The van der Waals surface area contributed by atoms with Crippen LogP contribution < -0.4 is 0 Å². The van der Waals surface area contributed by atoms with Crippen molar-refractivity contribution in [1.82, 2.24) is 4.98 Å². The van der Waals surface area contributed by atoms with Crippen LogP contribution in [0.15, 0.2) is 18.3 Å². The highest BCUT2D eigenvalue weighted by atomic mass is 16.7. The molecule has 6 aliphatic rings. The Morgan fingerprint density at radius 1 is 1.20 bits per heavy atom. The number of ether oxygens (including phenoxy) is 2. The van der Waals surface area contributed by atoms with Gasteiger partial charge in [0.15, 0.2) is 23.3 Å². The number of Topliss-reactive ketones (excluding diaryl/α,β-unsaturated/α-hetero) is 1. The van der Waals surface area contributed by atoms with Gasteiger partial charge in [-0.25, -0.2) is 4.79 Å². The second kappa shape index (κ2) is 5.84. The van der Waals surface area contributed by atoms with E-state index in [1.54, 1.807) is 26.8 Å². The normalized spacial score (nSPS) is 57.7. The van der Waals surface area contributed by atoms with Crippen LogP contribution in [0.4, 0.5) is 0 Å². The van der Waals surface area contributed by atoms with Gasteiger partial charge in [-0.15, -0.1) is 0 Å². The third-order valence-corrected chi connectivity index (χ3v) is 11.1. The van der Waals surface area contributed by atoms with Crippen LogP contribution in [0.5, 0.6) is 0 Å². The van der Waals surface area contributed by atoms with Gasteiger partial charge in [-0.05, 0) is 37.8 Å². The lowest BCUT2D eigenvalue weighted by Gasteiger charge is -2.59. The van der Waals surface area contributed by atoms with Crippen LogP contribution in [0.3, 0.4) is 0 Å². The number of hydrogen-bond donors (Lipinski definition) is 6. The monoisotopic (exact) mass is 491 g/mol. The molecule has 4 saturated carbocycles. The highest BCUT2D eigenvalue weighted by Crippen LogP contribution is 2.90. The average molecular weight is 492 g/mol. The molecular weight excluding hydrogens is 458 g/mol. The second-order valence-electron chi connectivity index (χ2n) is 12.2. The first-order valence-corrected chi connectivity index (χ1v) is 12.2. The largest absolute Gasteiger partial charge is 0.451 e. The Hall–Kier alpha value is -1.82. The molecule has 0 radical (unpaired) electrons. The third kappa shape index (κ3) is 1.70. The topological polar surface area (TPSA) is 170 Å². The second-order valence-corrected chi connectivity index (χ2v) is 12.2. The van der Waals surface area contributed by atoms with Crippen molar-refractivity contribution in [3.05, 3.63) is 24.0 Å². The number of esters is 1. The Labute approximate surface area is 202 Å². The summed E-state index contributed by atoms with van der Waals surface area (Å²) in [5.41, 5.74) is -15.9. The average Bonchev–Trinajstić information content (AvgIpc) is 3.41. The first-order chi connectivity index (χ1) is 16.0. The highest BCUT2D eigenvalue weighted by molar-refractivity contribution is 5.97. The maximum absolute atomic E-state index is 13.9. The third-order valence-electron chi connectivity index (χ3n) is 11.1. The zero-order chi connectivity index (χ0) is 25.8. The van der Waals surface area contributed by atoms with Crippen LogP contribution in [0.2, 0.25) is 0 Å². The molecule has 1 aromatic heterocycles. The first kappa shape index (κ1) is 23.6. The van der Waals surface area contributed by atoms with E-state index in [0.717, 1.165) is 0 Å². The molecular formula is C25H33NO9. The van der Waals surface area contributed by atoms with Crippen molar-refractivity contribution in [3.8, 4) is 0 Å². The molecule has 0 aromatic carbocycles. The standard InChI is InChI=1S/C25H33NO9/c1-12(2)22(31)17(34-16(28)14-7-6-10-26-14)23(32)18(4)11-21(30)19(22,5)25(23,33)24(35-21)15(27)13(3)8-9-20(18,24)29/h6-7,10,12-13,17,26,29-33H,8-9,11H2,1-5H3/t13-,17+,18-,19+,20-,21-,22+,23+,24+,25+/m0/s1. The van der Waals surface area contributed by atoms with Gasteiger partial charge in [0.1, 0.15) is 28.1 Å². The minimum Gasteiger partial charge on any atom is -0.451 e. The fourth-order valence-electron chi connectivity index (χ4n) is 9.31. The van der Waals surface area contributed by atoms with E-state index in [9.17, 15) is 35.1 Å². The Balaban J connectivity index is 1.70. The van der Waals surface area contributed by atoms with Crippen LogP contribution in [0.25, 0.3) is 0 Å². The summed E-state index contributed by atoms with van der Waals surface area (Å²) in [6.45, 7) is 7.69. The number of ketones is 1. The Morgan fingerprint density at radius 3 is 2.43 bits per heavy atom. The van der Waals surface area contributed by atoms with Gasteiger partial charge < -0.3 is 40.0 Å². The molecule has 1 aromatic rings. The number of aliphatic hydroxyl groups is 5. The quantitative estimate of drug-likeness (QED) is 0.319. The van der Waals surface area contributed by atoms with Gasteiger partial charge in [-0.2, -0.15) is 0 Å². The number of nitrogens with one attached hydrogen (secondary N) is 1. The Morgan fingerprint density at radius 2 is 1.86 bits per heavy atom. The lowest BCUT2D eigenvalue weighted by molar-refractivity contribution is -0.369. The summed E-state index contributed by atoms with van der Waals surface area (Å²) in [7, 11) is 0. The molecule has 6 bridgehead atoms. The minimum atomic E-state index is -2.69. The van der Waals surface area contributed by atoms with E-state index in [2.05, 4.69) is 4.98 Å². The number of H-pyrrole nitrogens is 1. The highest BCUT2D eigenvalue weighted by Gasteiger charge is 3.10. The molecule has 1 spiro atoms. The molecule has 10 heteroatoms. The van der Waals surface area contributed by atoms with E-state index < -0.39 is 74.3 Å². The van der Waals surface area contributed by atoms with Crippen molar-refractivity contribution in [2.75, 3.05) is 0 Å². The smallest absolute Gasteiger partial charge is 0.355 e. The molecule has 2 saturated heterocycles. The fraction of sp³-hybridized carbons (Fsp3) is 0.760. The van der Waals surface area contributed by atoms with Gasteiger partial charge in [0, 0.05) is 24.0 Å². The van der Waals surface area contributed by atoms with E-state index in [0.29, 0.717) is 0 Å². The van der Waals surface area contributed by atoms with E-state index in [1.807, 2.05) is 0 Å². The molecule has 4 aliphatic carbocycles. The molecule has 7 rings (SSSR count). The molecule has 6 fully saturated rings. The van der Waals surface area contributed by atoms with E-state index >= 15 is 0 Å². The van der Waals surface area contributed by atoms with Crippen molar-refractivity contribution in [2.24, 2.45) is 22.7 Å². The van der Waals surface area contributed by atoms with E-state index in [4.69, 9.17) is 9.47 Å². The summed E-state index contributed by atoms with van der Waals surface area (Å²) in [6, 6.07) is 3.04. The van der Waals surface area contributed by atoms with Crippen molar-refractivity contribution < 1.29 is 44.6 Å². The number of hydrogen-bond acceptors (Lipinski definition) is 9. The maximum atomic E-state index is 13.9. The number of carbonyl (C=O) groups is 2. The van der Waals surface area contributed by atoms with Crippen LogP contribution in [-0.4, -0.2) is 82.2 Å². The van der Waals surface area contributed by atoms with Crippen LogP contribution in [-0.2, 0) is 14.3 Å². The zero-order valence-corrected chi connectivity index (χ0v) is 20.5. The van der Waals surface area contributed by atoms with Gasteiger partial charge in [0.25, 0.3) is 0 Å². The lowest BCUT2D eigenvalue weighted by Crippen LogP contribution is -2.73. The SMILES string of the molecule is CC(C)[C@@]1(O)[C@@H](OC(=O)c2ccc[nH]2)[C@@]2(O)[C@@]3(C)C[C@]4(O)O[C@@]5(C(=O)[C@@H](C)CC[C@]35O)[C@@]2(O)[C@@]14C. The van der Waals surface area contributed by atoms with Crippen molar-refractivity contribution in [3.63, 3.8) is 0 Å². The van der Waals surface area contributed by atoms with Gasteiger partial charge in [0.2, 0.25) is 0 Å². The molecule has 10 nitrogen and oxygen atoms in total. The fourth-order valence-corrected chi connectivity index (χ4v) is 9.31. The Kier molecular flexibility index (Phi) is 3.93. The summed E-state index contributed by atoms with van der Waals surface area (Å²) in [6.07, 6.45) is -0.405. The van der Waals surface area contributed by atoms with Crippen molar-refractivity contribution in [1.29, 1.82) is 0 Å². The van der Waals surface area contributed by atoms with E-state index in [1.165, 1.54) is 26.1 Å². The summed E-state index contributed by atoms with van der Waals surface area (Å²) in [4.78, 5) is 29.8. The van der Waals surface area contributed by atoms with Crippen LogP contribution in [0, 0.1) is 22.7 Å². The number of rotatable bonds is 3. The minimum absolute atomic E-state index is 0.00455. The lowest BCUT2D eigenvalue weighted by atomic mass is 9.52. The molecule has 0 unspecified atom stereocenters. The predicted octanol–water partition coefficient (Wildman–Crippen LogP) is 0.0206. The number of carbonyl (C=O) groups excluding carboxylic acids is 2. The van der Waals surface area contributed by atoms with E-state index in [-0.39, 0.29) is 25.0 Å². The van der Waals surface area contributed by atoms with Gasteiger partial charge in [-0.3, -0.25) is 4.79 Å². The predicted molar refractivity (Wildman–Crippen MR) is 118 cm³/mol. The maximum Gasteiger partial charge on any atom is 0.355 e. The van der Waals surface area contributed by atoms with Gasteiger partial charge >= 0.3 is 5.97 Å².